The zero-order valence-electron chi connectivity index (χ0n) is 3.93. The van der Waals surface area contributed by atoms with Crippen LogP contribution in [0.3, 0.4) is 0 Å². The van der Waals surface area contributed by atoms with Crippen LogP contribution in [-0.4, -0.2) is 6.29 Å². The maximum Gasteiger partial charge on any atom is 0.179 e. The van der Waals surface area contributed by atoms with E-state index in [-0.39, 0.29) is 0 Å². The largest absolute Gasteiger partial charge is 0.457 e. The maximum absolute atomic E-state index is 10.00. The highest BCUT2D eigenvalue weighted by molar-refractivity contribution is 9.10. The monoisotopic (exact) mass is 174 g/mol. The van der Waals surface area contributed by atoms with Gasteiger partial charge in [-0.1, -0.05) is 0 Å². The van der Waals surface area contributed by atoms with Crippen LogP contribution in [-0.2, 0) is 0 Å². The third-order valence-electron chi connectivity index (χ3n) is 0.773. The minimum Gasteiger partial charge on any atom is -0.457 e. The first-order valence-electron chi connectivity index (χ1n) is 2.03. The molecule has 1 aromatic heterocycles. The van der Waals surface area contributed by atoms with Crippen LogP contribution in [0.5, 0.6) is 0 Å². The van der Waals surface area contributed by atoms with Gasteiger partial charge < -0.3 is 4.42 Å². The molecule has 0 saturated carbocycles. The lowest BCUT2D eigenvalue weighted by Gasteiger charge is -1.76. The van der Waals surface area contributed by atoms with Crippen molar-refractivity contribution in [1.29, 1.82) is 0 Å². The molecule has 0 spiro atoms. The van der Waals surface area contributed by atoms with Crippen LogP contribution >= 0.6 is 15.9 Å². The van der Waals surface area contributed by atoms with Crippen LogP contribution in [0, 0.1) is 0 Å². The Morgan fingerprint density at radius 2 is 2.50 bits per heavy atom. The number of hydrogen-bond donors (Lipinski definition) is 0. The van der Waals surface area contributed by atoms with Crippen molar-refractivity contribution in [3.05, 3.63) is 22.6 Å². The van der Waals surface area contributed by atoms with Crippen LogP contribution in [0.25, 0.3) is 0 Å². The fraction of sp³-hybridized carbons (Fsp3) is 0. The average Bonchev–Trinajstić information content (AvgIpc) is 2.14. The van der Waals surface area contributed by atoms with Gasteiger partial charge in [-0.2, -0.15) is 0 Å². The molecule has 0 aliphatic heterocycles. The highest BCUT2D eigenvalue weighted by Crippen LogP contribution is 2.14. The van der Waals surface area contributed by atoms with Gasteiger partial charge in [0.15, 0.2) is 11.0 Å². The van der Waals surface area contributed by atoms with Gasteiger partial charge in [-0.05, 0) is 22.0 Å². The second-order valence-electron chi connectivity index (χ2n) is 1.27. The fourth-order valence-corrected chi connectivity index (χ4v) is 0.720. The molecule has 1 rings (SSSR count). The van der Waals surface area contributed by atoms with Gasteiger partial charge in [0.1, 0.15) is 0 Å². The molecule has 42 valence electrons. The van der Waals surface area contributed by atoms with E-state index >= 15 is 0 Å². The normalized spacial score (nSPS) is 9.12. The van der Waals surface area contributed by atoms with Crippen LogP contribution in [0.2, 0.25) is 0 Å². The molecule has 2 nitrogen and oxygen atoms in total. The van der Waals surface area contributed by atoms with Gasteiger partial charge in [0.05, 0.1) is 11.8 Å². The molecule has 0 fully saturated rings. The van der Waals surface area contributed by atoms with Gasteiger partial charge in [-0.15, -0.1) is 0 Å². The molecule has 0 amide bonds. The van der Waals surface area contributed by atoms with E-state index in [4.69, 9.17) is 4.42 Å². The number of halogens is 1. The molecular formula is C5H3BrO2. The van der Waals surface area contributed by atoms with E-state index in [1.165, 1.54) is 6.26 Å². The highest BCUT2D eigenvalue weighted by atomic mass is 79.9. The number of aldehydes is 1. The molecule has 8 heavy (non-hydrogen) atoms. The Morgan fingerprint density at radius 3 is 2.75 bits per heavy atom. The van der Waals surface area contributed by atoms with E-state index in [9.17, 15) is 4.79 Å². The second kappa shape index (κ2) is 2.13. The molecule has 0 saturated heterocycles. The number of carbonyl (C=O) groups is 1. The number of hydrogen-bond acceptors (Lipinski definition) is 2. The average molecular weight is 175 g/mol. The summed E-state index contributed by atoms with van der Waals surface area (Å²) in [4.78, 5) is 10.00. The van der Waals surface area contributed by atoms with Crippen molar-refractivity contribution in [2.24, 2.45) is 0 Å². The topological polar surface area (TPSA) is 30.2 Å². The quantitative estimate of drug-likeness (QED) is 0.609. The zero-order valence-corrected chi connectivity index (χ0v) is 5.51. The Balaban J connectivity index is 3.09. The predicted octanol–water partition coefficient (Wildman–Crippen LogP) is 1.85. The van der Waals surface area contributed by atoms with Crippen LogP contribution in [0.1, 0.15) is 10.4 Å². The van der Waals surface area contributed by atoms with Crippen molar-refractivity contribution in [3.8, 4) is 0 Å². The van der Waals surface area contributed by atoms with Crippen molar-refractivity contribution >= 4 is 22.2 Å². The maximum atomic E-state index is 10.00. The van der Waals surface area contributed by atoms with E-state index in [1.807, 2.05) is 0 Å². The summed E-state index contributed by atoms with van der Waals surface area (Å²) < 4.78 is 5.23. The molecule has 1 heterocycles. The summed E-state index contributed by atoms with van der Waals surface area (Å²) >= 11 is 3.03. The Labute approximate surface area is 54.6 Å². The molecule has 0 bridgehead atoms. The first kappa shape index (κ1) is 5.56. The lowest BCUT2D eigenvalue weighted by atomic mass is 10.4. The van der Waals surface area contributed by atoms with Crippen molar-refractivity contribution in [1.82, 2.24) is 0 Å². The highest BCUT2D eigenvalue weighted by Gasteiger charge is 1.97. The van der Waals surface area contributed by atoms with Crippen molar-refractivity contribution in [3.63, 3.8) is 0 Å². The Bertz CT molecular complexity index is 192. The summed E-state index contributed by atoms with van der Waals surface area (Å²) in [6.45, 7) is 0. The summed E-state index contributed by atoms with van der Waals surface area (Å²) in [5.41, 5.74) is 0.546. The molecule has 0 N–H and O–H groups in total. The number of rotatable bonds is 1. The van der Waals surface area contributed by atoms with Crippen molar-refractivity contribution in [2.45, 2.75) is 0 Å². The van der Waals surface area contributed by atoms with Crippen LogP contribution < -0.4 is 0 Å². The summed E-state index contributed by atoms with van der Waals surface area (Å²) in [5, 5.41) is 0. The van der Waals surface area contributed by atoms with Gasteiger partial charge in [0, 0.05) is 0 Å². The third kappa shape index (κ3) is 0.816. The third-order valence-corrected chi connectivity index (χ3v) is 1.42. The number of carbonyl (C=O) groups excluding carboxylic acids is 1. The van der Waals surface area contributed by atoms with Gasteiger partial charge in [0.2, 0.25) is 0 Å². The second-order valence-corrected chi connectivity index (χ2v) is 1.99. The van der Waals surface area contributed by atoms with E-state index in [1.54, 1.807) is 6.07 Å². The Hall–Kier alpha value is -0.570. The molecular weight excluding hydrogens is 172 g/mol. The fourth-order valence-electron chi connectivity index (χ4n) is 0.386. The van der Waals surface area contributed by atoms with Gasteiger partial charge in [0.25, 0.3) is 0 Å². The molecule has 3 heteroatoms. The predicted molar refractivity (Wildman–Crippen MR) is 31.8 cm³/mol. The molecule has 0 unspecified atom stereocenters. The summed E-state index contributed by atoms with van der Waals surface area (Å²) in [5.74, 6) is 0. The minimum atomic E-state index is 0.493. The van der Waals surface area contributed by atoms with E-state index in [0.29, 0.717) is 10.2 Å². The molecule has 0 radical (unpaired) electrons. The van der Waals surface area contributed by atoms with Crippen molar-refractivity contribution < 1.29 is 9.21 Å². The lowest BCUT2D eigenvalue weighted by molar-refractivity contribution is 0.112. The molecule has 0 atom stereocenters. The molecule has 1 aromatic rings. The first-order chi connectivity index (χ1) is 3.84. The number of furan rings is 1. The summed E-state index contributed by atoms with van der Waals surface area (Å²) in [7, 11) is 0. The van der Waals surface area contributed by atoms with Gasteiger partial charge in [-0.25, -0.2) is 0 Å². The molecule has 0 aliphatic carbocycles. The molecule has 0 aromatic carbocycles. The SMILES string of the molecule is O=Cc1ccoc1Br. The smallest absolute Gasteiger partial charge is 0.179 e. The van der Waals surface area contributed by atoms with Gasteiger partial charge in [-0.3, -0.25) is 4.79 Å². The standard InChI is InChI=1S/C5H3BrO2/c6-5-4(3-7)1-2-8-5/h1-3H. The van der Waals surface area contributed by atoms with Crippen LogP contribution in [0.4, 0.5) is 0 Å². The summed E-state index contributed by atoms with van der Waals surface area (Å²) in [6, 6.07) is 1.59. The lowest BCUT2D eigenvalue weighted by Crippen LogP contribution is -1.69. The Kier molecular flexibility index (Phi) is 1.48. The summed E-state index contributed by atoms with van der Waals surface area (Å²) in [6.07, 6.45) is 2.18. The Morgan fingerprint density at radius 1 is 1.75 bits per heavy atom. The van der Waals surface area contributed by atoms with Crippen molar-refractivity contribution in [2.75, 3.05) is 0 Å². The van der Waals surface area contributed by atoms with Crippen LogP contribution in [0.15, 0.2) is 21.4 Å². The van der Waals surface area contributed by atoms with E-state index in [2.05, 4.69) is 15.9 Å². The zero-order chi connectivity index (χ0) is 5.98. The van der Waals surface area contributed by atoms with Gasteiger partial charge >= 0.3 is 0 Å². The molecule has 0 aliphatic rings. The first-order valence-corrected chi connectivity index (χ1v) is 2.82. The van der Waals surface area contributed by atoms with E-state index < -0.39 is 0 Å². The minimum absolute atomic E-state index is 0.493. The van der Waals surface area contributed by atoms with E-state index in [0.717, 1.165) is 6.29 Å².